The number of hydrogen-bond donors (Lipinski definition) is 1. The Morgan fingerprint density at radius 1 is 1.06 bits per heavy atom. The van der Waals surface area contributed by atoms with Crippen molar-refractivity contribution < 1.29 is 0 Å². The predicted octanol–water partition coefficient (Wildman–Crippen LogP) is 4.63. The number of benzene rings is 1. The van der Waals surface area contributed by atoms with E-state index in [-0.39, 0.29) is 0 Å². The molecule has 0 spiro atoms. The number of nitrogens with one attached hydrogen (secondary N) is 1. The lowest BCUT2D eigenvalue weighted by molar-refractivity contribution is 0.717. The highest BCUT2D eigenvalue weighted by Crippen LogP contribution is 2.13. The molecule has 0 fully saturated rings. The van der Waals surface area contributed by atoms with Crippen molar-refractivity contribution in [3.05, 3.63) is 29.8 Å². The van der Waals surface area contributed by atoms with E-state index < -0.39 is 0 Å². The van der Waals surface area contributed by atoms with E-state index in [1.54, 1.807) is 0 Å². The Kier molecular flexibility index (Phi) is 5.99. The van der Waals surface area contributed by atoms with Crippen LogP contribution in [0.1, 0.15) is 52.0 Å². The molecule has 1 heteroatoms. The molecule has 0 aliphatic carbocycles. The van der Waals surface area contributed by atoms with Gasteiger partial charge >= 0.3 is 0 Å². The lowest BCUT2D eigenvalue weighted by atomic mass is 10.1. The topological polar surface area (TPSA) is 12.0 Å². The average molecular weight is 219 g/mol. The van der Waals surface area contributed by atoms with Crippen LogP contribution in [0.5, 0.6) is 0 Å². The normalized spacial score (nSPS) is 12.4. The molecular formula is C15H25N. The maximum atomic E-state index is 3.49. The van der Waals surface area contributed by atoms with Gasteiger partial charge in [0.1, 0.15) is 0 Å². The Morgan fingerprint density at radius 2 is 1.75 bits per heavy atom. The number of aryl methyl sites for hydroxylation is 1. The zero-order valence-electron chi connectivity index (χ0n) is 10.9. The summed E-state index contributed by atoms with van der Waals surface area (Å²) in [5, 5.41) is 3.49. The molecule has 16 heavy (non-hydrogen) atoms. The van der Waals surface area contributed by atoms with Crippen LogP contribution in [0.2, 0.25) is 0 Å². The van der Waals surface area contributed by atoms with Gasteiger partial charge in [-0.3, -0.25) is 0 Å². The van der Waals surface area contributed by atoms with Crippen LogP contribution in [0.15, 0.2) is 24.3 Å². The van der Waals surface area contributed by atoms with Crippen LogP contribution in [0, 0.1) is 0 Å². The summed E-state index contributed by atoms with van der Waals surface area (Å²) in [6, 6.07) is 9.47. The molecular weight excluding hydrogens is 194 g/mol. The molecule has 0 radical (unpaired) electrons. The fourth-order valence-electron chi connectivity index (χ4n) is 1.73. The largest absolute Gasteiger partial charge is 0.383 e. The van der Waals surface area contributed by atoms with Crippen LogP contribution >= 0.6 is 0 Å². The van der Waals surface area contributed by atoms with Crippen molar-refractivity contribution in [1.82, 2.24) is 0 Å². The SMILES string of the molecule is CCCCCc1ccc(NC(C)CC)cc1. The van der Waals surface area contributed by atoms with Crippen molar-refractivity contribution in [3.8, 4) is 0 Å². The van der Waals surface area contributed by atoms with Gasteiger partial charge in [0.05, 0.1) is 0 Å². The average Bonchev–Trinajstić information content (AvgIpc) is 2.31. The first kappa shape index (κ1) is 13.1. The zero-order chi connectivity index (χ0) is 11.8. The Morgan fingerprint density at radius 3 is 2.31 bits per heavy atom. The molecule has 1 N–H and O–H groups in total. The highest BCUT2D eigenvalue weighted by atomic mass is 14.9. The number of hydrogen-bond acceptors (Lipinski definition) is 1. The third kappa shape index (κ3) is 4.69. The predicted molar refractivity (Wildman–Crippen MR) is 73.0 cm³/mol. The molecule has 0 bridgehead atoms. The summed E-state index contributed by atoms with van der Waals surface area (Å²) in [5.41, 5.74) is 2.71. The molecule has 1 aromatic carbocycles. The molecule has 0 aliphatic heterocycles. The molecule has 90 valence electrons. The van der Waals surface area contributed by atoms with Crippen LogP contribution in [0.3, 0.4) is 0 Å². The van der Waals surface area contributed by atoms with Crippen molar-refractivity contribution in [2.75, 3.05) is 5.32 Å². The minimum Gasteiger partial charge on any atom is -0.383 e. The Balaban J connectivity index is 2.41. The first-order valence-electron chi connectivity index (χ1n) is 6.61. The van der Waals surface area contributed by atoms with Gasteiger partial charge in [0.15, 0.2) is 0 Å². The summed E-state index contributed by atoms with van der Waals surface area (Å²) in [6.45, 7) is 6.67. The van der Waals surface area contributed by atoms with Gasteiger partial charge in [0.2, 0.25) is 0 Å². The molecule has 1 nitrogen and oxygen atoms in total. The number of unbranched alkanes of at least 4 members (excludes halogenated alkanes) is 2. The molecule has 1 atom stereocenters. The van der Waals surface area contributed by atoms with Crippen LogP contribution in [-0.2, 0) is 6.42 Å². The third-order valence-corrected chi connectivity index (χ3v) is 3.05. The second kappa shape index (κ2) is 7.32. The number of anilines is 1. The van der Waals surface area contributed by atoms with Gasteiger partial charge in [-0.25, -0.2) is 0 Å². The quantitative estimate of drug-likeness (QED) is 0.659. The molecule has 0 saturated heterocycles. The van der Waals surface area contributed by atoms with Gasteiger partial charge in [0.25, 0.3) is 0 Å². The van der Waals surface area contributed by atoms with E-state index in [2.05, 4.69) is 50.4 Å². The van der Waals surface area contributed by atoms with E-state index in [4.69, 9.17) is 0 Å². The number of rotatable bonds is 7. The van der Waals surface area contributed by atoms with Gasteiger partial charge in [-0.05, 0) is 43.9 Å². The summed E-state index contributed by atoms with van der Waals surface area (Å²) < 4.78 is 0. The van der Waals surface area contributed by atoms with E-state index in [0.29, 0.717) is 6.04 Å². The van der Waals surface area contributed by atoms with Crippen LogP contribution in [0.4, 0.5) is 5.69 Å². The zero-order valence-corrected chi connectivity index (χ0v) is 10.9. The van der Waals surface area contributed by atoms with Crippen LogP contribution < -0.4 is 5.32 Å². The van der Waals surface area contributed by atoms with Crippen molar-refractivity contribution in [2.45, 2.75) is 58.9 Å². The minimum absolute atomic E-state index is 0.561. The molecule has 0 aromatic heterocycles. The standard InChI is InChI=1S/C15H25N/c1-4-6-7-8-14-9-11-15(12-10-14)16-13(3)5-2/h9-13,16H,4-8H2,1-3H3. The fraction of sp³-hybridized carbons (Fsp3) is 0.600. The van der Waals surface area contributed by atoms with Crippen molar-refractivity contribution in [3.63, 3.8) is 0 Å². The second-order valence-corrected chi connectivity index (χ2v) is 4.61. The molecule has 1 unspecified atom stereocenters. The monoisotopic (exact) mass is 219 g/mol. The van der Waals surface area contributed by atoms with Gasteiger partial charge < -0.3 is 5.32 Å². The van der Waals surface area contributed by atoms with E-state index in [0.717, 1.165) is 6.42 Å². The molecule has 0 amide bonds. The summed E-state index contributed by atoms with van der Waals surface area (Å²) >= 11 is 0. The molecule has 0 heterocycles. The highest BCUT2D eigenvalue weighted by Gasteiger charge is 1.98. The first-order valence-corrected chi connectivity index (χ1v) is 6.61. The van der Waals surface area contributed by atoms with E-state index >= 15 is 0 Å². The van der Waals surface area contributed by atoms with Gasteiger partial charge in [-0.2, -0.15) is 0 Å². The maximum Gasteiger partial charge on any atom is 0.0342 e. The van der Waals surface area contributed by atoms with Gasteiger partial charge in [-0.1, -0.05) is 38.8 Å². The lowest BCUT2D eigenvalue weighted by Gasteiger charge is -2.13. The third-order valence-electron chi connectivity index (χ3n) is 3.05. The lowest BCUT2D eigenvalue weighted by Crippen LogP contribution is -2.13. The molecule has 1 aromatic rings. The first-order chi connectivity index (χ1) is 7.76. The Bertz CT molecular complexity index is 276. The van der Waals surface area contributed by atoms with E-state index in [9.17, 15) is 0 Å². The molecule has 0 aliphatic rings. The summed E-state index contributed by atoms with van der Waals surface area (Å²) in [4.78, 5) is 0. The van der Waals surface area contributed by atoms with Crippen molar-refractivity contribution in [1.29, 1.82) is 0 Å². The molecule has 0 saturated carbocycles. The Hall–Kier alpha value is -0.980. The maximum absolute atomic E-state index is 3.49. The van der Waals surface area contributed by atoms with Crippen LogP contribution in [0.25, 0.3) is 0 Å². The van der Waals surface area contributed by atoms with Gasteiger partial charge in [-0.15, -0.1) is 0 Å². The van der Waals surface area contributed by atoms with Gasteiger partial charge in [0, 0.05) is 11.7 Å². The summed E-state index contributed by atoms with van der Waals surface area (Å²) in [7, 11) is 0. The van der Waals surface area contributed by atoms with Crippen molar-refractivity contribution >= 4 is 5.69 Å². The Labute approximate surface area is 100 Å². The van der Waals surface area contributed by atoms with Crippen molar-refractivity contribution in [2.24, 2.45) is 0 Å². The fourth-order valence-corrected chi connectivity index (χ4v) is 1.73. The molecule has 1 rings (SSSR count). The highest BCUT2D eigenvalue weighted by molar-refractivity contribution is 5.45. The van der Waals surface area contributed by atoms with E-state index in [1.165, 1.54) is 36.9 Å². The second-order valence-electron chi connectivity index (χ2n) is 4.61. The van der Waals surface area contributed by atoms with E-state index in [1.807, 2.05) is 0 Å². The summed E-state index contributed by atoms with van der Waals surface area (Å²) in [6.07, 6.45) is 6.34. The summed E-state index contributed by atoms with van der Waals surface area (Å²) in [5.74, 6) is 0. The minimum atomic E-state index is 0.561. The van der Waals surface area contributed by atoms with Crippen LogP contribution in [-0.4, -0.2) is 6.04 Å². The smallest absolute Gasteiger partial charge is 0.0342 e.